The Balaban J connectivity index is -0.000000113. The summed E-state index contributed by atoms with van der Waals surface area (Å²) in [5.74, 6) is 0. The van der Waals surface area contributed by atoms with E-state index in [0.29, 0.717) is 0 Å². The van der Waals surface area contributed by atoms with Gasteiger partial charge in [-0.3, -0.25) is 0 Å². The summed E-state index contributed by atoms with van der Waals surface area (Å²) in [6.07, 6.45) is 10.1. The second-order valence-electron chi connectivity index (χ2n) is 2.77. The maximum Gasteiger partial charge on any atom is -0.0533 e. The SMILES string of the molecule is C1CCC1.CC.CC.CCCCC. The summed E-state index contributed by atoms with van der Waals surface area (Å²) in [4.78, 5) is 0. The van der Waals surface area contributed by atoms with Gasteiger partial charge in [-0.15, -0.1) is 0 Å². The van der Waals surface area contributed by atoms with Crippen LogP contribution >= 0.6 is 0 Å². The van der Waals surface area contributed by atoms with Gasteiger partial charge in [0.1, 0.15) is 0 Å². The van der Waals surface area contributed by atoms with Crippen molar-refractivity contribution in [2.24, 2.45) is 0 Å². The molecule has 0 amide bonds. The van der Waals surface area contributed by atoms with Gasteiger partial charge < -0.3 is 0 Å². The molecule has 0 spiro atoms. The van der Waals surface area contributed by atoms with E-state index < -0.39 is 0 Å². The van der Waals surface area contributed by atoms with Crippen molar-refractivity contribution in [1.82, 2.24) is 0 Å². The number of rotatable bonds is 2. The van der Waals surface area contributed by atoms with Crippen molar-refractivity contribution in [2.75, 3.05) is 0 Å². The lowest BCUT2D eigenvalue weighted by molar-refractivity contribution is 0.504. The first kappa shape index (κ1) is 18.7. The van der Waals surface area contributed by atoms with Crippen LogP contribution in [-0.4, -0.2) is 0 Å². The maximum absolute atomic E-state index is 2.21. The van der Waals surface area contributed by atoms with E-state index in [4.69, 9.17) is 0 Å². The highest BCUT2D eigenvalue weighted by molar-refractivity contribution is 4.50. The van der Waals surface area contributed by atoms with Crippen LogP contribution in [-0.2, 0) is 0 Å². The van der Waals surface area contributed by atoms with Crippen molar-refractivity contribution < 1.29 is 0 Å². The molecular weight excluding hydrogens is 156 g/mol. The fourth-order valence-electron chi connectivity index (χ4n) is 0.604. The monoisotopic (exact) mass is 188 g/mol. The predicted molar refractivity (Wildman–Crippen MR) is 66.4 cm³/mol. The van der Waals surface area contributed by atoms with E-state index in [1.54, 1.807) is 0 Å². The minimum absolute atomic E-state index is 1.34. The smallest absolute Gasteiger partial charge is 0.0533 e. The van der Waals surface area contributed by atoms with Gasteiger partial charge in [0.25, 0.3) is 0 Å². The maximum atomic E-state index is 2.21. The summed E-state index contributed by atoms with van der Waals surface area (Å²) >= 11 is 0. The lowest BCUT2D eigenvalue weighted by Gasteiger charge is -2.05. The van der Waals surface area contributed by atoms with E-state index in [1.807, 2.05) is 27.7 Å². The molecule has 0 aliphatic heterocycles. The zero-order chi connectivity index (χ0) is 10.9. The number of hydrogen-bond acceptors (Lipinski definition) is 0. The Hall–Kier alpha value is 0. The summed E-state index contributed by atoms with van der Waals surface area (Å²) in [6, 6.07) is 0. The van der Waals surface area contributed by atoms with E-state index in [1.165, 1.54) is 44.9 Å². The minimum atomic E-state index is 1.34. The molecule has 0 unspecified atom stereocenters. The van der Waals surface area contributed by atoms with Gasteiger partial charge in [-0.05, 0) is 0 Å². The molecule has 0 saturated heterocycles. The third-order valence-electron chi connectivity index (χ3n) is 1.71. The van der Waals surface area contributed by atoms with Gasteiger partial charge in [-0.25, -0.2) is 0 Å². The highest BCUT2D eigenvalue weighted by atomic mass is 14.0. The molecule has 0 aromatic heterocycles. The summed E-state index contributed by atoms with van der Waals surface area (Å²) < 4.78 is 0. The van der Waals surface area contributed by atoms with Crippen molar-refractivity contribution in [3.05, 3.63) is 0 Å². The topological polar surface area (TPSA) is 0 Å². The first-order valence-corrected chi connectivity index (χ1v) is 6.41. The molecular formula is C13H32. The Labute approximate surface area is 87.1 Å². The Morgan fingerprint density at radius 1 is 0.615 bits per heavy atom. The van der Waals surface area contributed by atoms with E-state index in [2.05, 4.69) is 13.8 Å². The van der Waals surface area contributed by atoms with Crippen molar-refractivity contribution in [1.29, 1.82) is 0 Å². The van der Waals surface area contributed by atoms with Crippen molar-refractivity contribution in [3.63, 3.8) is 0 Å². The molecule has 0 nitrogen and oxygen atoms in total. The highest BCUT2D eigenvalue weighted by Crippen LogP contribution is 2.15. The fraction of sp³-hybridized carbons (Fsp3) is 1.00. The van der Waals surface area contributed by atoms with Crippen molar-refractivity contribution >= 4 is 0 Å². The summed E-state index contributed by atoms with van der Waals surface area (Å²) in [6.45, 7) is 12.4. The van der Waals surface area contributed by atoms with Crippen LogP contribution in [0.15, 0.2) is 0 Å². The lowest BCUT2D eigenvalue weighted by Crippen LogP contribution is -1.85. The molecule has 0 bridgehead atoms. The van der Waals surface area contributed by atoms with Crippen molar-refractivity contribution in [2.45, 2.75) is 86.5 Å². The molecule has 0 aromatic rings. The molecule has 1 fully saturated rings. The van der Waals surface area contributed by atoms with Crippen molar-refractivity contribution in [3.8, 4) is 0 Å². The van der Waals surface area contributed by atoms with Gasteiger partial charge in [0, 0.05) is 0 Å². The van der Waals surface area contributed by atoms with Crippen LogP contribution in [0, 0.1) is 0 Å². The van der Waals surface area contributed by atoms with Gasteiger partial charge in [0.05, 0.1) is 0 Å². The Kier molecular flexibility index (Phi) is 42.7. The van der Waals surface area contributed by atoms with E-state index in [0.717, 1.165) is 0 Å². The third kappa shape index (κ3) is 33.3. The van der Waals surface area contributed by atoms with E-state index in [9.17, 15) is 0 Å². The average Bonchev–Trinajstić information content (AvgIpc) is 2.10. The second kappa shape index (κ2) is 29.6. The largest absolute Gasteiger partial charge is 0.0683 e. The van der Waals surface area contributed by atoms with E-state index in [-0.39, 0.29) is 0 Å². The Bertz CT molecular complexity index is 29.3. The molecule has 0 N–H and O–H groups in total. The zero-order valence-electron chi connectivity index (χ0n) is 10.9. The van der Waals surface area contributed by atoms with Gasteiger partial charge in [-0.1, -0.05) is 86.5 Å². The molecule has 0 radical (unpaired) electrons. The van der Waals surface area contributed by atoms with Gasteiger partial charge >= 0.3 is 0 Å². The van der Waals surface area contributed by atoms with Gasteiger partial charge in [0.2, 0.25) is 0 Å². The van der Waals surface area contributed by atoms with Crippen LogP contribution in [0.3, 0.4) is 0 Å². The molecule has 1 aliphatic rings. The minimum Gasteiger partial charge on any atom is -0.0683 e. The highest BCUT2D eigenvalue weighted by Gasteiger charge is 1.95. The standard InChI is InChI=1S/C5H12.C4H8.2C2H6/c1-3-5-4-2;1-2-4-3-1;2*1-2/h3-5H2,1-2H3;1-4H2;2*1-2H3. The molecule has 0 atom stereocenters. The summed E-state index contributed by atoms with van der Waals surface area (Å²) in [5.41, 5.74) is 0. The number of hydrogen-bond donors (Lipinski definition) is 0. The van der Waals surface area contributed by atoms with Crippen LogP contribution in [0.5, 0.6) is 0 Å². The molecule has 1 aliphatic carbocycles. The fourth-order valence-corrected chi connectivity index (χ4v) is 0.604. The molecule has 84 valence electrons. The quantitative estimate of drug-likeness (QED) is 0.513. The molecule has 0 heteroatoms. The molecule has 0 aromatic carbocycles. The second-order valence-corrected chi connectivity index (χ2v) is 2.77. The molecule has 1 saturated carbocycles. The van der Waals surface area contributed by atoms with Crippen LogP contribution in [0.2, 0.25) is 0 Å². The van der Waals surface area contributed by atoms with Crippen LogP contribution in [0.25, 0.3) is 0 Å². The first-order chi connectivity index (χ1) is 6.41. The van der Waals surface area contributed by atoms with Gasteiger partial charge in [0.15, 0.2) is 0 Å². The normalized spacial score (nSPS) is 11.5. The number of unbranched alkanes of at least 4 members (excludes halogenated alkanes) is 2. The Morgan fingerprint density at radius 3 is 0.846 bits per heavy atom. The van der Waals surface area contributed by atoms with Crippen LogP contribution in [0.4, 0.5) is 0 Å². The molecule has 0 heterocycles. The Morgan fingerprint density at radius 2 is 0.846 bits per heavy atom. The lowest BCUT2D eigenvalue weighted by atomic mass is 10.0. The van der Waals surface area contributed by atoms with Gasteiger partial charge in [-0.2, -0.15) is 0 Å². The zero-order valence-corrected chi connectivity index (χ0v) is 10.9. The third-order valence-corrected chi connectivity index (χ3v) is 1.71. The van der Waals surface area contributed by atoms with Crippen LogP contribution in [0.1, 0.15) is 86.5 Å². The molecule has 13 heavy (non-hydrogen) atoms. The predicted octanol–water partition coefficient (Wildman–Crippen LogP) is 5.81. The average molecular weight is 188 g/mol. The van der Waals surface area contributed by atoms with E-state index >= 15 is 0 Å². The van der Waals surface area contributed by atoms with Crippen LogP contribution < -0.4 is 0 Å². The molecule has 1 rings (SSSR count). The summed E-state index contributed by atoms with van der Waals surface area (Å²) in [5, 5.41) is 0. The summed E-state index contributed by atoms with van der Waals surface area (Å²) in [7, 11) is 0. The first-order valence-electron chi connectivity index (χ1n) is 6.41.